The molecule has 0 aliphatic rings. The third-order valence-corrected chi connectivity index (χ3v) is 1.60. The van der Waals surface area contributed by atoms with Gasteiger partial charge in [-0.05, 0) is 18.2 Å². The fourth-order valence-electron chi connectivity index (χ4n) is 0.663. The molecule has 1 aromatic carbocycles. The van der Waals surface area contributed by atoms with Crippen molar-refractivity contribution in [2.75, 3.05) is 0 Å². The number of rotatable bonds is 2. The molecule has 1 rings (SSSR count). The molecular weight excluding hydrogens is 237 g/mol. The zero-order chi connectivity index (χ0) is 9.14. The summed E-state index contributed by atoms with van der Waals surface area (Å²) in [5.74, 6) is -1.27. The molecular formula is C7H4BrF3O. The van der Waals surface area contributed by atoms with Crippen LogP contribution in [0.25, 0.3) is 0 Å². The third kappa shape index (κ3) is 2.41. The lowest BCUT2D eigenvalue weighted by Crippen LogP contribution is -2.03. The largest absolute Gasteiger partial charge is 0.432 e. The van der Waals surface area contributed by atoms with Crippen LogP contribution in [0.2, 0.25) is 0 Å². The van der Waals surface area contributed by atoms with Gasteiger partial charge in [-0.25, -0.2) is 4.39 Å². The smallest absolute Gasteiger partial charge is 0.387 e. The van der Waals surface area contributed by atoms with Crippen LogP contribution in [0.5, 0.6) is 5.75 Å². The predicted molar refractivity (Wildman–Crippen MR) is 40.7 cm³/mol. The van der Waals surface area contributed by atoms with Gasteiger partial charge >= 0.3 is 6.61 Å². The van der Waals surface area contributed by atoms with E-state index < -0.39 is 18.2 Å². The topological polar surface area (TPSA) is 9.23 Å². The summed E-state index contributed by atoms with van der Waals surface area (Å²) >= 11 is 2.99. The highest BCUT2D eigenvalue weighted by Gasteiger charge is 2.09. The molecule has 0 aliphatic heterocycles. The van der Waals surface area contributed by atoms with Gasteiger partial charge in [-0.2, -0.15) is 8.78 Å². The standard InChI is InChI=1S/C7H4BrF3O/c8-4-1-2-5(9)6(3-4)12-7(10)11/h1-3,7H. The average Bonchev–Trinajstić information content (AvgIpc) is 1.96. The molecule has 0 spiro atoms. The molecule has 0 atom stereocenters. The van der Waals surface area contributed by atoms with E-state index in [4.69, 9.17) is 0 Å². The highest BCUT2D eigenvalue weighted by Crippen LogP contribution is 2.23. The SMILES string of the molecule is Fc1ccc(Br)cc1OC(F)F. The van der Waals surface area contributed by atoms with Crippen LogP contribution in [0.3, 0.4) is 0 Å². The van der Waals surface area contributed by atoms with Gasteiger partial charge in [0.05, 0.1) is 0 Å². The second kappa shape index (κ2) is 3.80. The molecule has 0 aromatic heterocycles. The molecule has 0 radical (unpaired) electrons. The van der Waals surface area contributed by atoms with Crippen LogP contribution in [-0.4, -0.2) is 6.61 Å². The Morgan fingerprint density at radius 1 is 1.33 bits per heavy atom. The molecule has 0 fully saturated rings. The molecule has 0 N–H and O–H groups in total. The van der Waals surface area contributed by atoms with E-state index in [1.165, 1.54) is 6.07 Å². The first-order valence-corrected chi connectivity index (χ1v) is 3.79. The molecule has 0 heterocycles. The Morgan fingerprint density at radius 2 is 2.00 bits per heavy atom. The van der Waals surface area contributed by atoms with Crippen LogP contribution < -0.4 is 4.74 Å². The Bertz CT molecular complexity index is 277. The van der Waals surface area contributed by atoms with Crippen molar-refractivity contribution in [2.24, 2.45) is 0 Å². The van der Waals surface area contributed by atoms with Crippen molar-refractivity contribution in [2.45, 2.75) is 6.61 Å². The Hall–Kier alpha value is -0.710. The maximum atomic E-state index is 12.7. The molecule has 0 unspecified atom stereocenters. The Balaban J connectivity index is 2.90. The van der Waals surface area contributed by atoms with E-state index in [1.807, 2.05) is 0 Å². The van der Waals surface area contributed by atoms with Gasteiger partial charge in [0.15, 0.2) is 11.6 Å². The lowest BCUT2D eigenvalue weighted by Gasteiger charge is -2.04. The van der Waals surface area contributed by atoms with E-state index in [9.17, 15) is 13.2 Å². The lowest BCUT2D eigenvalue weighted by atomic mass is 10.3. The van der Waals surface area contributed by atoms with E-state index in [-0.39, 0.29) is 0 Å². The third-order valence-electron chi connectivity index (χ3n) is 1.11. The quantitative estimate of drug-likeness (QED) is 0.772. The van der Waals surface area contributed by atoms with Gasteiger partial charge in [0.2, 0.25) is 0 Å². The summed E-state index contributed by atoms with van der Waals surface area (Å²) in [6.07, 6.45) is 0. The Labute approximate surface area is 75.3 Å². The summed E-state index contributed by atoms with van der Waals surface area (Å²) < 4.78 is 40.3. The predicted octanol–water partition coefficient (Wildman–Crippen LogP) is 3.19. The molecule has 66 valence electrons. The second-order valence-electron chi connectivity index (χ2n) is 1.95. The van der Waals surface area contributed by atoms with Crippen molar-refractivity contribution in [3.8, 4) is 5.75 Å². The first-order valence-electron chi connectivity index (χ1n) is 2.99. The minimum absolute atomic E-state index is 0.459. The van der Waals surface area contributed by atoms with Crippen molar-refractivity contribution < 1.29 is 17.9 Å². The number of halogens is 4. The molecule has 5 heteroatoms. The van der Waals surface area contributed by atoms with Gasteiger partial charge in [0.1, 0.15) is 0 Å². The summed E-state index contributed by atoms with van der Waals surface area (Å²) in [4.78, 5) is 0. The fraction of sp³-hybridized carbons (Fsp3) is 0.143. The van der Waals surface area contributed by atoms with Crippen LogP contribution >= 0.6 is 15.9 Å². The minimum atomic E-state index is -3.01. The summed E-state index contributed by atoms with van der Waals surface area (Å²) in [7, 11) is 0. The molecule has 0 saturated heterocycles. The van der Waals surface area contributed by atoms with Gasteiger partial charge in [-0.15, -0.1) is 0 Å². The summed E-state index contributed by atoms with van der Waals surface area (Å²) in [6, 6.07) is 3.58. The van der Waals surface area contributed by atoms with Gasteiger partial charge < -0.3 is 4.74 Å². The van der Waals surface area contributed by atoms with Crippen LogP contribution in [0.1, 0.15) is 0 Å². The number of hydrogen-bond acceptors (Lipinski definition) is 1. The van der Waals surface area contributed by atoms with Crippen molar-refractivity contribution in [1.29, 1.82) is 0 Å². The van der Waals surface area contributed by atoms with Gasteiger partial charge in [0, 0.05) is 4.47 Å². The number of ether oxygens (including phenoxy) is 1. The summed E-state index contributed by atoms with van der Waals surface area (Å²) in [6.45, 7) is -3.01. The highest BCUT2D eigenvalue weighted by atomic mass is 79.9. The second-order valence-corrected chi connectivity index (χ2v) is 2.87. The number of benzene rings is 1. The van der Waals surface area contributed by atoms with Crippen LogP contribution in [0.4, 0.5) is 13.2 Å². The summed E-state index contributed by atoms with van der Waals surface area (Å²) in [5.41, 5.74) is 0. The molecule has 1 nitrogen and oxygen atoms in total. The molecule has 12 heavy (non-hydrogen) atoms. The highest BCUT2D eigenvalue weighted by molar-refractivity contribution is 9.10. The van der Waals surface area contributed by atoms with Gasteiger partial charge in [-0.1, -0.05) is 15.9 Å². The summed E-state index contributed by atoms with van der Waals surface area (Å²) in [5, 5.41) is 0. The maximum Gasteiger partial charge on any atom is 0.387 e. The van der Waals surface area contributed by atoms with Crippen LogP contribution in [0.15, 0.2) is 22.7 Å². The number of alkyl halides is 2. The Morgan fingerprint density at radius 3 is 2.58 bits per heavy atom. The van der Waals surface area contributed by atoms with E-state index >= 15 is 0 Å². The van der Waals surface area contributed by atoms with E-state index in [2.05, 4.69) is 20.7 Å². The molecule has 0 saturated carbocycles. The van der Waals surface area contributed by atoms with E-state index in [1.54, 1.807) is 0 Å². The van der Waals surface area contributed by atoms with Crippen LogP contribution in [-0.2, 0) is 0 Å². The van der Waals surface area contributed by atoms with Crippen molar-refractivity contribution in [3.63, 3.8) is 0 Å². The monoisotopic (exact) mass is 240 g/mol. The average molecular weight is 241 g/mol. The molecule has 0 aliphatic carbocycles. The number of hydrogen-bond donors (Lipinski definition) is 0. The molecule has 0 amide bonds. The normalized spacial score (nSPS) is 10.4. The zero-order valence-corrected chi connectivity index (χ0v) is 7.32. The van der Waals surface area contributed by atoms with Gasteiger partial charge in [-0.3, -0.25) is 0 Å². The lowest BCUT2D eigenvalue weighted by molar-refractivity contribution is -0.0522. The van der Waals surface area contributed by atoms with Crippen molar-refractivity contribution in [3.05, 3.63) is 28.5 Å². The fourth-order valence-corrected chi connectivity index (χ4v) is 1.00. The minimum Gasteiger partial charge on any atom is -0.432 e. The first kappa shape index (κ1) is 9.38. The zero-order valence-electron chi connectivity index (χ0n) is 5.73. The Kier molecular flexibility index (Phi) is 2.97. The van der Waals surface area contributed by atoms with E-state index in [0.717, 1.165) is 12.1 Å². The maximum absolute atomic E-state index is 12.7. The van der Waals surface area contributed by atoms with E-state index in [0.29, 0.717) is 4.47 Å². The van der Waals surface area contributed by atoms with Crippen molar-refractivity contribution >= 4 is 15.9 Å². The van der Waals surface area contributed by atoms with Crippen molar-refractivity contribution in [1.82, 2.24) is 0 Å². The first-order chi connectivity index (χ1) is 5.59. The molecule has 1 aromatic rings. The molecule has 0 bridgehead atoms. The van der Waals surface area contributed by atoms with Crippen LogP contribution in [0, 0.1) is 5.82 Å². The van der Waals surface area contributed by atoms with Gasteiger partial charge in [0.25, 0.3) is 0 Å².